The van der Waals surface area contributed by atoms with Gasteiger partial charge in [-0.1, -0.05) is 23.2 Å². The first-order valence-corrected chi connectivity index (χ1v) is 19.9. The van der Waals surface area contributed by atoms with Crippen molar-refractivity contribution < 1.29 is 14.0 Å². The Hall–Kier alpha value is -3.96. The zero-order chi connectivity index (χ0) is 38.5. The molecule has 294 valence electrons. The van der Waals surface area contributed by atoms with Crippen LogP contribution in [0.5, 0.6) is 0 Å². The molecule has 1 amide bonds. The summed E-state index contributed by atoms with van der Waals surface area (Å²) in [5.41, 5.74) is 27.5. The van der Waals surface area contributed by atoms with Crippen molar-refractivity contribution in [2.75, 3.05) is 72.8 Å². The van der Waals surface area contributed by atoms with Crippen LogP contribution in [0.3, 0.4) is 0 Å². The number of benzene rings is 1. The summed E-state index contributed by atoms with van der Waals surface area (Å²) in [5, 5.41) is 10.1. The highest BCUT2D eigenvalue weighted by Crippen LogP contribution is 2.45. The summed E-state index contributed by atoms with van der Waals surface area (Å²) >= 11 is 14.1. The van der Waals surface area contributed by atoms with E-state index in [0.717, 1.165) is 25.9 Å². The van der Waals surface area contributed by atoms with E-state index in [2.05, 4.69) is 20.9 Å². The van der Waals surface area contributed by atoms with Crippen molar-refractivity contribution >= 4 is 63.6 Å². The number of halogens is 3. The number of carbonyl (C=O) groups excluding carboxylic acids is 2. The highest BCUT2D eigenvalue weighted by molar-refractivity contribution is 6.42. The van der Waals surface area contributed by atoms with Crippen LogP contribution in [0, 0.1) is 5.92 Å². The summed E-state index contributed by atoms with van der Waals surface area (Å²) in [7, 11) is 0. The number of allylic oxidation sites excluding steroid dienone is 1. The highest BCUT2D eigenvalue weighted by atomic mass is 35.5. The van der Waals surface area contributed by atoms with Crippen LogP contribution in [0.4, 0.5) is 33.1 Å². The van der Waals surface area contributed by atoms with E-state index >= 15 is 4.39 Å². The van der Waals surface area contributed by atoms with Gasteiger partial charge in [-0.3, -0.25) is 9.59 Å². The van der Waals surface area contributed by atoms with Gasteiger partial charge in [0.2, 0.25) is 0 Å². The molecule has 3 saturated heterocycles. The third-order valence-corrected chi connectivity index (χ3v) is 11.9. The molecule has 17 heteroatoms. The van der Waals surface area contributed by atoms with E-state index in [1.165, 1.54) is 6.08 Å². The van der Waals surface area contributed by atoms with E-state index in [1.807, 2.05) is 20.8 Å². The molecule has 11 N–H and O–H groups in total. The van der Waals surface area contributed by atoms with Crippen molar-refractivity contribution in [1.29, 1.82) is 0 Å². The summed E-state index contributed by atoms with van der Waals surface area (Å²) in [5.74, 6) is -1.16. The van der Waals surface area contributed by atoms with Gasteiger partial charge in [-0.25, -0.2) is 9.37 Å². The van der Waals surface area contributed by atoms with E-state index in [1.54, 1.807) is 30.5 Å². The molecule has 2 unspecified atom stereocenters. The molecule has 4 fully saturated rings. The fourth-order valence-electron chi connectivity index (χ4n) is 8.45. The summed E-state index contributed by atoms with van der Waals surface area (Å²) in [6, 6.07) is 6.23. The van der Waals surface area contributed by atoms with Crippen molar-refractivity contribution in [3.63, 3.8) is 0 Å². The maximum absolute atomic E-state index is 15.5. The lowest BCUT2D eigenvalue weighted by molar-refractivity contribution is -0.123. The number of pyridine rings is 1. The zero-order valence-corrected chi connectivity index (χ0v) is 32.1. The second-order valence-electron chi connectivity index (χ2n) is 15.6. The van der Waals surface area contributed by atoms with Crippen LogP contribution in [-0.2, 0) is 9.59 Å². The molecule has 2 aromatic rings. The van der Waals surface area contributed by atoms with Gasteiger partial charge in [0, 0.05) is 100 Å². The summed E-state index contributed by atoms with van der Waals surface area (Å²) in [4.78, 5) is 40.5. The Morgan fingerprint density at radius 3 is 1.91 bits per heavy atom. The number of aromatic nitrogens is 1. The first-order valence-electron chi connectivity index (χ1n) is 19.1. The van der Waals surface area contributed by atoms with Crippen LogP contribution in [0.25, 0.3) is 0 Å². The number of fused-ring (bicyclic) bond motifs is 1. The fourth-order valence-corrected chi connectivity index (χ4v) is 9.11. The van der Waals surface area contributed by atoms with E-state index < -0.39 is 23.4 Å². The molecule has 5 heterocycles. The molecule has 0 radical (unpaired) electrons. The molecule has 0 spiro atoms. The number of anilines is 5. The predicted octanol–water partition coefficient (Wildman–Crippen LogP) is 2.37. The van der Waals surface area contributed by atoms with E-state index in [-0.39, 0.29) is 41.8 Å². The first-order chi connectivity index (χ1) is 26.4. The Labute approximate surface area is 330 Å². The predicted molar refractivity (Wildman–Crippen MR) is 215 cm³/mol. The van der Waals surface area contributed by atoms with Gasteiger partial charge in [0.25, 0.3) is 5.91 Å². The maximum Gasteiger partial charge on any atom is 0.260 e. The van der Waals surface area contributed by atoms with Gasteiger partial charge in [-0.15, -0.1) is 0 Å². The standard InChI is InChI=1S/C38H49Cl2FN12O2/c39-32-34(33(40)37(52-17-22(44)12-23(45)18-52)49-36(32)51-15-20(42)11-21(43)16-51)47-24-1-3-25(4-2-24)48-38(55)28-19-53(26-5-6-26)30-14-31(50-9-7-46-8-10-50)29(41)13-27(30)35(28)54/h1-4,13-14,19-23,26-27,30,46H,5-12,15-18,42-45H2,(H,47,49)(H,48,55)/t20-,21+,22-,23+,27?,30?. The average molecular weight is 796 g/mol. The number of piperazine rings is 1. The minimum atomic E-state index is -0.790. The number of rotatable bonds is 8. The molecule has 6 aliphatic rings. The molecule has 4 aliphatic heterocycles. The number of ketones is 1. The van der Waals surface area contributed by atoms with Crippen LogP contribution in [-0.4, -0.2) is 115 Å². The Balaban J connectivity index is 1.02. The van der Waals surface area contributed by atoms with Crippen molar-refractivity contribution in [3.05, 3.63) is 69.8 Å². The van der Waals surface area contributed by atoms with Crippen LogP contribution < -0.4 is 48.7 Å². The Morgan fingerprint density at radius 1 is 0.818 bits per heavy atom. The molecular formula is C38H49Cl2FN12O2. The lowest BCUT2D eigenvalue weighted by Gasteiger charge is -2.41. The molecule has 1 aromatic carbocycles. The number of hydrogen-bond donors (Lipinski definition) is 7. The number of nitrogens with zero attached hydrogens (tertiary/aromatic N) is 5. The minimum absolute atomic E-state index is 0.00290. The van der Waals surface area contributed by atoms with Crippen LogP contribution >= 0.6 is 23.2 Å². The third kappa shape index (κ3) is 7.88. The van der Waals surface area contributed by atoms with Crippen molar-refractivity contribution in [2.45, 2.75) is 61.9 Å². The number of carbonyl (C=O) groups is 2. The Kier molecular flexibility index (Phi) is 10.7. The fraction of sp³-hybridized carbons (Fsp3) is 0.500. The smallest absolute Gasteiger partial charge is 0.260 e. The number of amides is 1. The molecule has 1 saturated carbocycles. The second kappa shape index (κ2) is 15.5. The molecule has 14 nitrogen and oxygen atoms in total. The van der Waals surface area contributed by atoms with Crippen LogP contribution in [0.1, 0.15) is 25.7 Å². The van der Waals surface area contributed by atoms with Gasteiger partial charge < -0.3 is 58.5 Å². The first kappa shape index (κ1) is 37.9. The molecule has 2 aliphatic carbocycles. The lowest BCUT2D eigenvalue weighted by atomic mass is 9.82. The van der Waals surface area contributed by atoms with Gasteiger partial charge >= 0.3 is 0 Å². The van der Waals surface area contributed by atoms with Gasteiger partial charge in [0.05, 0.1) is 28.9 Å². The van der Waals surface area contributed by atoms with E-state index in [9.17, 15) is 9.59 Å². The molecule has 6 atom stereocenters. The quantitative estimate of drug-likeness (QED) is 0.193. The maximum atomic E-state index is 15.5. The summed E-state index contributed by atoms with van der Waals surface area (Å²) in [6.07, 6.45) is 8.22. The van der Waals surface area contributed by atoms with Crippen LogP contribution in [0.15, 0.2) is 59.7 Å². The van der Waals surface area contributed by atoms with Gasteiger partial charge in [0.15, 0.2) is 17.4 Å². The number of piperidine rings is 2. The van der Waals surface area contributed by atoms with Gasteiger partial charge in [-0.05, 0) is 62.1 Å². The van der Waals surface area contributed by atoms with Crippen molar-refractivity contribution in [3.8, 4) is 0 Å². The van der Waals surface area contributed by atoms with Gasteiger partial charge in [-0.2, -0.15) is 0 Å². The Bertz CT molecular complexity index is 1850. The van der Waals surface area contributed by atoms with Crippen molar-refractivity contribution in [1.82, 2.24) is 20.1 Å². The molecular weight excluding hydrogens is 746 g/mol. The second-order valence-corrected chi connectivity index (χ2v) is 16.4. The largest absolute Gasteiger partial charge is 0.367 e. The molecule has 0 bridgehead atoms. The van der Waals surface area contributed by atoms with Gasteiger partial charge in [0.1, 0.15) is 15.9 Å². The lowest BCUT2D eigenvalue weighted by Crippen LogP contribution is -2.53. The number of hydrogen-bond acceptors (Lipinski definition) is 13. The number of nitrogens with one attached hydrogen (secondary N) is 3. The Morgan fingerprint density at radius 2 is 1.36 bits per heavy atom. The normalized spacial score (nSPS) is 28.6. The molecule has 55 heavy (non-hydrogen) atoms. The topological polar surface area (TPSA) is 200 Å². The van der Waals surface area contributed by atoms with E-state index in [4.69, 9.17) is 51.1 Å². The molecule has 8 rings (SSSR count). The van der Waals surface area contributed by atoms with Crippen LogP contribution in [0.2, 0.25) is 10.0 Å². The van der Waals surface area contributed by atoms with E-state index in [0.29, 0.717) is 96.6 Å². The summed E-state index contributed by atoms with van der Waals surface area (Å²) < 4.78 is 15.5. The van der Waals surface area contributed by atoms with Crippen molar-refractivity contribution in [2.24, 2.45) is 28.9 Å². The number of nitrogens with two attached hydrogens (primary N) is 4. The molecule has 1 aromatic heterocycles. The third-order valence-electron chi connectivity index (χ3n) is 11.2. The zero-order valence-electron chi connectivity index (χ0n) is 30.6. The monoisotopic (exact) mass is 794 g/mol. The number of Topliss-reactive ketones (excluding diaryl/α,β-unsaturated/α-hetero) is 1. The minimum Gasteiger partial charge on any atom is -0.367 e. The summed E-state index contributed by atoms with van der Waals surface area (Å²) in [6.45, 7) is 5.00. The average Bonchev–Trinajstić information content (AvgIpc) is 3.99. The SMILES string of the molecule is N[C@@H]1C[C@H](N)CN(c2nc(N3C[C@H](N)C[C@H](N)C3)c(Cl)c(Nc3ccc(NC(=O)C4=CN(C5CC5)C5C=C(N6CCNCC6)C(F)=CC5C4=O)cc3)c2Cl)C1. The highest BCUT2D eigenvalue weighted by Gasteiger charge is 2.45.